The standard InChI is InChI=1S/C14H15NO2S/c1-15(14(16)9-18)12-5-3-11-8-13(17-2)6-4-10(11)7-12/h3-8,18H,9H2,1-2H3. The van der Waals surface area contributed by atoms with Crippen LogP contribution in [0.2, 0.25) is 0 Å². The number of rotatable bonds is 3. The molecule has 2 rings (SSSR count). The molecule has 0 radical (unpaired) electrons. The molecule has 0 aliphatic carbocycles. The highest BCUT2D eigenvalue weighted by atomic mass is 32.1. The average molecular weight is 261 g/mol. The summed E-state index contributed by atoms with van der Waals surface area (Å²) >= 11 is 4.00. The summed E-state index contributed by atoms with van der Waals surface area (Å²) in [5, 5.41) is 2.16. The van der Waals surface area contributed by atoms with Crippen molar-refractivity contribution in [3.8, 4) is 5.75 Å². The zero-order valence-corrected chi connectivity index (χ0v) is 11.3. The first-order valence-corrected chi connectivity index (χ1v) is 6.24. The number of fused-ring (bicyclic) bond motifs is 1. The quantitative estimate of drug-likeness (QED) is 0.861. The lowest BCUT2D eigenvalue weighted by Gasteiger charge is -2.16. The highest BCUT2D eigenvalue weighted by molar-refractivity contribution is 7.81. The minimum absolute atomic E-state index is 0.0220. The first kappa shape index (κ1) is 12.8. The van der Waals surface area contributed by atoms with Crippen molar-refractivity contribution in [2.45, 2.75) is 0 Å². The van der Waals surface area contributed by atoms with Gasteiger partial charge in [-0.25, -0.2) is 0 Å². The van der Waals surface area contributed by atoms with Crippen molar-refractivity contribution in [1.82, 2.24) is 0 Å². The summed E-state index contributed by atoms with van der Waals surface area (Å²) in [5.74, 6) is 1.01. The van der Waals surface area contributed by atoms with Gasteiger partial charge in [-0.2, -0.15) is 12.6 Å². The molecule has 0 fully saturated rings. The Morgan fingerprint density at radius 3 is 2.56 bits per heavy atom. The molecule has 94 valence electrons. The molecule has 0 unspecified atom stereocenters. The highest BCUT2D eigenvalue weighted by Crippen LogP contribution is 2.25. The molecular formula is C14H15NO2S. The lowest BCUT2D eigenvalue weighted by molar-refractivity contribution is -0.115. The van der Waals surface area contributed by atoms with E-state index in [2.05, 4.69) is 12.6 Å². The Labute approximate surface area is 112 Å². The number of amides is 1. The van der Waals surface area contributed by atoms with Crippen LogP contribution in [0.3, 0.4) is 0 Å². The van der Waals surface area contributed by atoms with Crippen LogP contribution in [0.25, 0.3) is 10.8 Å². The van der Waals surface area contributed by atoms with E-state index in [4.69, 9.17) is 4.74 Å². The van der Waals surface area contributed by atoms with Crippen LogP contribution in [-0.2, 0) is 4.79 Å². The second-order valence-electron chi connectivity index (χ2n) is 4.01. The molecule has 0 saturated heterocycles. The SMILES string of the molecule is COc1ccc2cc(N(C)C(=O)CS)ccc2c1. The molecule has 0 saturated carbocycles. The van der Waals surface area contributed by atoms with Gasteiger partial charge in [0.05, 0.1) is 12.9 Å². The third kappa shape index (κ3) is 2.43. The van der Waals surface area contributed by atoms with E-state index < -0.39 is 0 Å². The third-order valence-corrected chi connectivity index (χ3v) is 3.20. The predicted molar refractivity (Wildman–Crippen MR) is 77.8 cm³/mol. The lowest BCUT2D eigenvalue weighted by atomic mass is 10.1. The zero-order valence-electron chi connectivity index (χ0n) is 10.4. The Morgan fingerprint density at radius 2 is 1.89 bits per heavy atom. The number of thiol groups is 1. The van der Waals surface area contributed by atoms with Crippen LogP contribution in [0, 0.1) is 0 Å². The molecule has 0 N–H and O–H groups in total. The fourth-order valence-electron chi connectivity index (χ4n) is 1.80. The van der Waals surface area contributed by atoms with Gasteiger partial charge in [0, 0.05) is 12.7 Å². The van der Waals surface area contributed by atoms with Gasteiger partial charge in [0.25, 0.3) is 0 Å². The van der Waals surface area contributed by atoms with Crippen LogP contribution in [0.5, 0.6) is 5.75 Å². The molecule has 3 nitrogen and oxygen atoms in total. The molecule has 4 heteroatoms. The first-order chi connectivity index (χ1) is 8.65. The minimum atomic E-state index is -0.0220. The van der Waals surface area contributed by atoms with Crippen LogP contribution in [-0.4, -0.2) is 25.8 Å². The smallest absolute Gasteiger partial charge is 0.236 e. The highest BCUT2D eigenvalue weighted by Gasteiger charge is 2.09. The molecule has 0 atom stereocenters. The van der Waals surface area contributed by atoms with E-state index >= 15 is 0 Å². The number of hydrogen-bond donors (Lipinski definition) is 1. The van der Waals surface area contributed by atoms with Gasteiger partial charge in [-0.15, -0.1) is 0 Å². The Bertz CT molecular complexity index is 583. The van der Waals surface area contributed by atoms with Crippen molar-refractivity contribution in [1.29, 1.82) is 0 Å². The fraction of sp³-hybridized carbons (Fsp3) is 0.214. The van der Waals surface area contributed by atoms with Crippen molar-refractivity contribution in [3.63, 3.8) is 0 Å². The Kier molecular flexibility index (Phi) is 3.77. The van der Waals surface area contributed by atoms with Crippen LogP contribution < -0.4 is 9.64 Å². The number of benzene rings is 2. The maximum atomic E-state index is 11.6. The number of methoxy groups -OCH3 is 1. The van der Waals surface area contributed by atoms with Gasteiger partial charge < -0.3 is 9.64 Å². The van der Waals surface area contributed by atoms with E-state index in [1.807, 2.05) is 36.4 Å². The molecule has 0 aliphatic heterocycles. The van der Waals surface area contributed by atoms with Crippen LogP contribution in [0.4, 0.5) is 5.69 Å². The Morgan fingerprint density at radius 1 is 1.22 bits per heavy atom. The molecular weight excluding hydrogens is 246 g/mol. The molecule has 0 aliphatic rings. The summed E-state index contributed by atoms with van der Waals surface area (Å²) in [5.41, 5.74) is 0.867. The van der Waals surface area contributed by atoms with Crippen molar-refractivity contribution in [2.24, 2.45) is 0 Å². The van der Waals surface area contributed by atoms with Crippen LogP contribution >= 0.6 is 12.6 Å². The molecule has 0 spiro atoms. The van der Waals surface area contributed by atoms with Gasteiger partial charge >= 0.3 is 0 Å². The summed E-state index contributed by atoms with van der Waals surface area (Å²) in [6, 6.07) is 11.7. The van der Waals surface area contributed by atoms with Gasteiger partial charge in [0.2, 0.25) is 5.91 Å². The minimum Gasteiger partial charge on any atom is -0.497 e. The largest absolute Gasteiger partial charge is 0.497 e. The second kappa shape index (κ2) is 5.31. The average Bonchev–Trinajstić information content (AvgIpc) is 2.44. The molecule has 0 bridgehead atoms. The topological polar surface area (TPSA) is 29.5 Å². The van der Waals surface area contributed by atoms with Crippen LogP contribution in [0.15, 0.2) is 36.4 Å². The Balaban J connectivity index is 2.42. The van der Waals surface area contributed by atoms with Gasteiger partial charge in [-0.1, -0.05) is 12.1 Å². The van der Waals surface area contributed by atoms with E-state index in [9.17, 15) is 4.79 Å². The van der Waals surface area contributed by atoms with E-state index in [-0.39, 0.29) is 11.7 Å². The maximum Gasteiger partial charge on any atom is 0.236 e. The number of carbonyl (C=O) groups is 1. The fourth-order valence-corrected chi connectivity index (χ4v) is 2.01. The summed E-state index contributed by atoms with van der Waals surface area (Å²) in [4.78, 5) is 13.2. The second-order valence-corrected chi connectivity index (χ2v) is 4.32. The molecule has 0 aromatic heterocycles. The Hall–Kier alpha value is -1.68. The summed E-state index contributed by atoms with van der Waals surface area (Å²) in [6.45, 7) is 0. The number of anilines is 1. The number of carbonyl (C=O) groups excluding carboxylic acids is 1. The molecule has 2 aromatic rings. The number of nitrogens with zero attached hydrogens (tertiary/aromatic N) is 1. The predicted octanol–water partition coefficient (Wildman–Crippen LogP) is 2.74. The molecule has 2 aromatic carbocycles. The van der Waals surface area contributed by atoms with E-state index in [0.29, 0.717) is 0 Å². The monoisotopic (exact) mass is 261 g/mol. The van der Waals surface area contributed by atoms with Gasteiger partial charge in [0.15, 0.2) is 0 Å². The van der Waals surface area contributed by atoms with Crippen molar-refractivity contribution in [3.05, 3.63) is 36.4 Å². The lowest BCUT2D eigenvalue weighted by Crippen LogP contribution is -2.27. The van der Waals surface area contributed by atoms with Crippen LogP contribution in [0.1, 0.15) is 0 Å². The normalized spacial score (nSPS) is 10.4. The van der Waals surface area contributed by atoms with Crippen molar-refractivity contribution < 1.29 is 9.53 Å². The number of ether oxygens (including phenoxy) is 1. The van der Waals surface area contributed by atoms with Crippen molar-refractivity contribution in [2.75, 3.05) is 24.8 Å². The maximum absolute atomic E-state index is 11.6. The van der Waals surface area contributed by atoms with E-state index in [1.54, 1.807) is 19.1 Å². The third-order valence-electron chi connectivity index (χ3n) is 2.93. The van der Waals surface area contributed by atoms with Gasteiger partial charge in [-0.3, -0.25) is 4.79 Å². The van der Waals surface area contributed by atoms with Crippen molar-refractivity contribution >= 4 is 35.0 Å². The zero-order chi connectivity index (χ0) is 13.1. The molecule has 0 heterocycles. The summed E-state index contributed by atoms with van der Waals surface area (Å²) < 4.78 is 5.18. The van der Waals surface area contributed by atoms with E-state index in [1.165, 1.54) is 0 Å². The van der Waals surface area contributed by atoms with E-state index in [0.717, 1.165) is 22.2 Å². The summed E-state index contributed by atoms with van der Waals surface area (Å²) in [6.07, 6.45) is 0. The van der Waals surface area contributed by atoms with Gasteiger partial charge in [0.1, 0.15) is 5.75 Å². The molecule has 18 heavy (non-hydrogen) atoms. The first-order valence-electron chi connectivity index (χ1n) is 5.61. The molecule has 1 amide bonds. The summed E-state index contributed by atoms with van der Waals surface area (Å²) in [7, 11) is 3.40. The number of hydrogen-bond acceptors (Lipinski definition) is 3. The van der Waals surface area contributed by atoms with Gasteiger partial charge in [-0.05, 0) is 35.0 Å².